The first-order chi connectivity index (χ1) is 16.8. The summed E-state index contributed by atoms with van der Waals surface area (Å²) in [5.74, 6) is 0. The van der Waals surface area contributed by atoms with Gasteiger partial charge in [-0.05, 0) is 75.1 Å². The lowest BCUT2D eigenvalue weighted by molar-refractivity contribution is 0.669. The van der Waals surface area contributed by atoms with Crippen LogP contribution in [0.15, 0.2) is 114 Å². The number of hydrogen-bond donors (Lipinski definition) is 0. The van der Waals surface area contributed by atoms with Crippen molar-refractivity contribution in [3.05, 3.63) is 109 Å². The molecule has 6 aromatic carbocycles. The van der Waals surface area contributed by atoms with Crippen LogP contribution in [-0.2, 0) is 0 Å². The minimum atomic E-state index is 0.935. The summed E-state index contributed by atoms with van der Waals surface area (Å²) in [6.45, 7) is 0. The zero-order valence-electron chi connectivity index (χ0n) is 18.2. The predicted molar refractivity (Wildman–Crippen MR) is 147 cm³/mol. The summed E-state index contributed by atoms with van der Waals surface area (Å²) in [6.07, 6.45) is 0. The van der Waals surface area contributed by atoms with Gasteiger partial charge in [-0.25, -0.2) is 0 Å². The van der Waals surface area contributed by atoms with Gasteiger partial charge in [-0.1, -0.05) is 66.7 Å². The van der Waals surface area contributed by atoms with E-state index in [1.807, 2.05) is 17.4 Å². The number of thiophene rings is 1. The van der Waals surface area contributed by atoms with Crippen molar-refractivity contribution >= 4 is 75.0 Å². The molecular formula is C32H18OS. The summed E-state index contributed by atoms with van der Waals surface area (Å²) in [5.41, 5.74) is 4.39. The topological polar surface area (TPSA) is 13.1 Å². The van der Waals surface area contributed by atoms with E-state index in [1.165, 1.54) is 58.2 Å². The van der Waals surface area contributed by atoms with Gasteiger partial charge >= 0.3 is 0 Å². The van der Waals surface area contributed by atoms with Gasteiger partial charge in [0.15, 0.2) is 0 Å². The molecule has 2 aromatic heterocycles. The fraction of sp³-hybridized carbons (Fsp3) is 0. The third kappa shape index (κ3) is 2.49. The first-order valence-electron chi connectivity index (χ1n) is 11.5. The van der Waals surface area contributed by atoms with Crippen LogP contribution in [0.1, 0.15) is 0 Å². The molecule has 0 aliphatic heterocycles. The molecule has 0 amide bonds. The Morgan fingerprint density at radius 1 is 0.441 bits per heavy atom. The predicted octanol–water partition coefficient (Wildman–Crippen LogP) is 9.93. The average molecular weight is 451 g/mol. The van der Waals surface area contributed by atoms with E-state index < -0.39 is 0 Å². The zero-order valence-corrected chi connectivity index (χ0v) is 19.0. The molecule has 0 bridgehead atoms. The van der Waals surface area contributed by atoms with E-state index in [0.717, 1.165) is 16.6 Å². The van der Waals surface area contributed by atoms with Gasteiger partial charge in [0, 0.05) is 30.9 Å². The number of fused-ring (bicyclic) bond motifs is 9. The normalized spacial score (nSPS) is 12.1. The Morgan fingerprint density at radius 2 is 1.21 bits per heavy atom. The number of benzene rings is 6. The number of hydrogen-bond acceptors (Lipinski definition) is 2. The molecule has 0 N–H and O–H groups in total. The van der Waals surface area contributed by atoms with Crippen LogP contribution in [0, 0.1) is 0 Å². The van der Waals surface area contributed by atoms with Crippen LogP contribution in [0.4, 0.5) is 0 Å². The first kappa shape index (κ1) is 18.3. The van der Waals surface area contributed by atoms with Crippen molar-refractivity contribution in [3.63, 3.8) is 0 Å². The smallest absolute Gasteiger partial charge is 0.136 e. The second-order valence-corrected chi connectivity index (χ2v) is 10.0. The third-order valence-corrected chi connectivity index (χ3v) is 8.20. The van der Waals surface area contributed by atoms with Gasteiger partial charge in [0.1, 0.15) is 11.2 Å². The molecular weight excluding hydrogens is 432 g/mol. The van der Waals surface area contributed by atoms with Crippen molar-refractivity contribution in [2.24, 2.45) is 0 Å². The van der Waals surface area contributed by atoms with Crippen LogP contribution in [0.5, 0.6) is 0 Å². The second-order valence-electron chi connectivity index (χ2n) is 8.95. The van der Waals surface area contributed by atoms with Crippen LogP contribution < -0.4 is 0 Å². The van der Waals surface area contributed by atoms with Crippen LogP contribution in [0.25, 0.3) is 74.8 Å². The molecule has 158 valence electrons. The Morgan fingerprint density at radius 3 is 2.15 bits per heavy atom. The Bertz CT molecular complexity index is 2070. The molecule has 0 aliphatic rings. The van der Waals surface area contributed by atoms with Gasteiger partial charge < -0.3 is 4.42 Å². The maximum absolute atomic E-state index is 6.25. The summed E-state index contributed by atoms with van der Waals surface area (Å²) in [7, 11) is 0. The standard InChI is InChI=1S/C32H18OS/c1-2-8-21-19(7-1)15-24(20-13-14-32-28(16-20)23-10-4-6-12-31(23)34-32)25-17-27-22-9-3-5-11-29(22)33-30(27)18-26(21)25/h1-18H. The van der Waals surface area contributed by atoms with E-state index in [0.29, 0.717) is 0 Å². The fourth-order valence-electron chi connectivity index (χ4n) is 5.45. The molecule has 0 radical (unpaired) electrons. The van der Waals surface area contributed by atoms with Crippen molar-refractivity contribution in [3.8, 4) is 11.1 Å². The molecule has 0 fully saturated rings. The SMILES string of the molecule is c1ccc2c(c1)cc(-c1ccc3sc4ccccc4c3c1)c1cc3c(cc12)oc1ccccc13. The van der Waals surface area contributed by atoms with Crippen molar-refractivity contribution < 1.29 is 4.42 Å². The highest BCUT2D eigenvalue weighted by Crippen LogP contribution is 2.42. The molecule has 2 heterocycles. The molecule has 0 atom stereocenters. The molecule has 0 saturated carbocycles. The van der Waals surface area contributed by atoms with Gasteiger partial charge in [-0.15, -0.1) is 11.3 Å². The van der Waals surface area contributed by atoms with E-state index in [9.17, 15) is 0 Å². The highest BCUT2D eigenvalue weighted by Gasteiger charge is 2.15. The van der Waals surface area contributed by atoms with Crippen molar-refractivity contribution in [1.29, 1.82) is 0 Å². The van der Waals surface area contributed by atoms with Crippen molar-refractivity contribution in [1.82, 2.24) is 0 Å². The van der Waals surface area contributed by atoms with Crippen LogP contribution >= 0.6 is 11.3 Å². The van der Waals surface area contributed by atoms with E-state index >= 15 is 0 Å². The highest BCUT2D eigenvalue weighted by molar-refractivity contribution is 7.25. The quantitative estimate of drug-likeness (QED) is 0.227. The van der Waals surface area contributed by atoms with Gasteiger partial charge in [0.25, 0.3) is 0 Å². The summed E-state index contributed by atoms with van der Waals surface area (Å²) in [6, 6.07) is 39.5. The van der Waals surface area contributed by atoms with Crippen LogP contribution in [-0.4, -0.2) is 0 Å². The van der Waals surface area contributed by atoms with Gasteiger partial charge in [0.05, 0.1) is 0 Å². The van der Waals surface area contributed by atoms with Crippen LogP contribution in [0.3, 0.4) is 0 Å². The number of para-hydroxylation sites is 1. The zero-order chi connectivity index (χ0) is 22.2. The van der Waals surface area contributed by atoms with Gasteiger partial charge in [-0.3, -0.25) is 0 Å². The molecule has 0 unspecified atom stereocenters. The largest absolute Gasteiger partial charge is 0.456 e. The lowest BCUT2D eigenvalue weighted by atomic mass is 9.91. The van der Waals surface area contributed by atoms with E-state index in [2.05, 4.69) is 103 Å². The average Bonchev–Trinajstić information content (AvgIpc) is 3.44. The highest BCUT2D eigenvalue weighted by atomic mass is 32.1. The molecule has 0 aliphatic carbocycles. The van der Waals surface area contributed by atoms with Crippen molar-refractivity contribution in [2.75, 3.05) is 0 Å². The summed E-state index contributed by atoms with van der Waals surface area (Å²) in [4.78, 5) is 0. The first-order valence-corrected chi connectivity index (χ1v) is 12.3. The maximum Gasteiger partial charge on any atom is 0.136 e. The summed E-state index contributed by atoms with van der Waals surface area (Å²) >= 11 is 1.86. The minimum absolute atomic E-state index is 0.935. The van der Waals surface area contributed by atoms with Crippen molar-refractivity contribution in [2.45, 2.75) is 0 Å². The lowest BCUT2D eigenvalue weighted by Gasteiger charge is -2.12. The molecule has 2 heteroatoms. The second kappa shape index (κ2) is 6.69. The Kier molecular flexibility index (Phi) is 3.60. The van der Waals surface area contributed by atoms with E-state index in [-0.39, 0.29) is 0 Å². The lowest BCUT2D eigenvalue weighted by Crippen LogP contribution is -1.85. The summed E-state index contributed by atoms with van der Waals surface area (Å²) < 4.78 is 8.92. The molecule has 8 rings (SSSR count). The van der Waals surface area contributed by atoms with E-state index in [4.69, 9.17) is 4.42 Å². The number of rotatable bonds is 1. The van der Waals surface area contributed by atoms with E-state index in [1.54, 1.807) is 0 Å². The van der Waals surface area contributed by atoms with Gasteiger partial charge in [0.2, 0.25) is 0 Å². The monoisotopic (exact) mass is 450 g/mol. The minimum Gasteiger partial charge on any atom is -0.456 e. The molecule has 8 aromatic rings. The summed E-state index contributed by atoms with van der Waals surface area (Å²) in [5, 5.41) is 9.99. The molecule has 0 spiro atoms. The maximum atomic E-state index is 6.25. The third-order valence-electron chi connectivity index (χ3n) is 7.05. The van der Waals surface area contributed by atoms with Crippen LogP contribution in [0.2, 0.25) is 0 Å². The Labute approximate surface area is 199 Å². The number of furan rings is 1. The Balaban J connectivity index is 1.52. The van der Waals surface area contributed by atoms with Gasteiger partial charge in [-0.2, -0.15) is 0 Å². The molecule has 1 nitrogen and oxygen atoms in total. The molecule has 34 heavy (non-hydrogen) atoms. The fourth-order valence-corrected chi connectivity index (χ4v) is 6.54. The molecule has 0 saturated heterocycles. The Hall–Kier alpha value is -4.14.